The van der Waals surface area contributed by atoms with Gasteiger partial charge < -0.3 is 9.80 Å². The molecule has 0 N–H and O–H groups in total. The molecule has 59 heavy (non-hydrogen) atoms. The molecule has 0 unspecified atom stereocenters. The van der Waals surface area contributed by atoms with Crippen LogP contribution in [0.4, 0.5) is 140 Å². The number of hydrogen-bond acceptors (Lipinski definition) is 2. The molecule has 2 amide bonds. The quantitative estimate of drug-likeness (QED) is 0.145. The second-order valence-corrected chi connectivity index (χ2v) is 11.7. The van der Waals surface area contributed by atoms with E-state index in [0.717, 1.165) is 0 Å². The molecule has 0 bridgehead atoms. The van der Waals surface area contributed by atoms with Gasteiger partial charge in [0.1, 0.15) is 0 Å². The highest BCUT2D eigenvalue weighted by molar-refractivity contribution is 5.86. The van der Waals surface area contributed by atoms with Gasteiger partial charge in [0.15, 0.2) is 0 Å². The molecule has 1 rings (SSSR count). The standard InChI is InChI=1S/C23H12F32N2O2/c24-6(25)10(28,29)14(36,37)18(44,45)22(52,53)20(48,49)16(40,41)12(32,33)8(58)56-2-1-3-57(5-4-56)9(59)13(34,35)17(42,43)21(50,51)23(54,55)19(46,47)15(38,39)11(30,31)7(26)27/h6-7H,1-5H2. The Morgan fingerprint density at radius 1 is 0.305 bits per heavy atom. The van der Waals surface area contributed by atoms with Gasteiger partial charge in [0, 0.05) is 26.2 Å². The Balaban J connectivity index is 3.58. The van der Waals surface area contributed by atoms with Gasteiger partial charge in [-0.1, -0.05) is 0 Å². The fourth-order valence-electron chi connectivity index (χ4n) is 4.26. The van der Waals surface area contributed by atoms with Crippen LogP contribution in [0.3, 0.4) is 0 Å². The van der Waals surface area contributed by atoms with Crippen molar-refractivity contribution in [1.82, 2.24) is 9.80 Å². The Labute approximate surface area is 301 Å². The minimum Gasteiger partial charge on any atom is -0.335 e. The number of alkyl halides is 32. The smallest absolute Gasteiger partial charge is 0.335 e. The van der Waals surface area contributed by atoms with Crippen LogP contribution in [0.5, 0.6) is 0 Å². The van der Waals surface area contributed by atoms with Gasteiger partial charge in [0.2, 0.25) is 0 Å². The van der Waals surface area contributed by atoms with Crippen molar-refractivity contribution in [2.75, 3.05) is 26.2 Å². The molecule has 0 aromatic carbocycles. The molecular formula is C23H12F32N2O2. The number of carbonyl (C=O) groups excluding carboxylic acids is 2. The lowest BCUT2D eigenvalue weighted by atomic mass is 9.89. The number of halogens is 32. The maximum Gasteiger partial charge on any atom is 0.392 e. The Hall–Kier alpha value is -3.30. The molecule has 1 saturated heterocycles. The van der Waals surface area contributed by atoms with E-state index in [4.69, 9.17) is 0 Å². The molecule has 1 aliphatic rings. The Morgan fingerprint density at radius 2 is 0.492 bits per heavy atom. The molecule has 0 aliphatic carbocycles. The first kappa shape index (κ1) is 53.7. The van der Waals surface area contributed by atoms with E-state index in [2.05, 4.69) is 0 Å². The van der Waals surface area contributed by atoms with Crippen LogP contribution in [0.1, 0.15) is 6.42 Å². The summed E-state index contributed by atoms with van der Waals surface area (Å²) in [5, 5.41) is 0. The molecule has 36 heteroatoms. The van der Waals surface area contributed by atoms with Crippen molar-refractivity contribution in [1.29, 1.82) is 0 Å². The van der Waals surface area contributed by atoms with E-state index in [1.807, 2.05) is 0 Å². The average Bonchev–Trinajstić information content (AvgIpc) is 3.32. The van der Waals surface area contributed by atoms with Crippen LogP contribution in [0, 0.1) is 0 Å². The van der Waals surface area contributed by atoms with Crippen LogP contribution >= 0.6 is 0 Å². The molecule has 0 saturated carbocycles. The molecule has 0 aromatic heterocycles. The summed E-state index contributed by atoms with van der Waals surface area (Å²) in [7, 11) is 0. The zero-order valence-corrected chi connectivity index (χ0v) is 26.5. The third-order valence-corrected chi connectivity index (χ3v) is 7.94. The van der Waals surface area contributed by atoms with Gasteiger partial charge in [-0.3, -0.25) is 9.59 Å². The van der Waals surface area contributed by atoms with E-state index >= 15 is 0 Å². The zero-order chi connectivity index (χ0) is 48.0. The van der Waals surface area contributed by atoms with Gasteiger partial charge in [-0.05, 0) is 6.42 Å². The van der Waals surface area contributed by atoms with Crippen molar-refractivity contribution in [2.45, 2.75) is 102 Å². The third-order valence-electron chi connectivity index (χ3n) is 7.94. The number of carbonyl (C=O) groups is 2. The average molecular weight is 956 g/mol. The normalized spacial score (nSPS) is 17.9. The first-order valence-electron chi connectivity index (χ1n) is 13.9. The highest BCUT2D eigenvalue weighted by Gasteiger charge is 2.96. The van der Waals surface area contributed by atoms with Crippen molar-refractivity contribution in [3.8, 4) is 0 Å². The van der Waals surface area contributed by atoms with Crippen LogP contribution in [-0.4, -0.2) is 144 Å². The summed E-state index contributed by atoms with van der Waals surface area (Å²) in [5.41, 5.74) is 0. The zero-order valence-electron chi connectivity index (χ0n) is 26.5. The topological polar surface area (TPSA) is 40.6 Å². The van der Waals surface area contributed by atoms with Gasteiger partial charge in [-0.2, -0.15) is 123 Å². The van der Waals surface area contributed by atoms with Crippen molar-refractivity contribution < 1.29 is 150 Å². The first-order valence-corrected chi connectivity index (χ1v) is 13.9. The lowest BCUT2D eigenvalue weighted by Crippen LogP contribution is -2.75. The summed E-state index contributed by atoms with van der Waals surface area (Å²) in [6.45, 7) is -8.93. The molecule has 1 aliphatic heterocycles. The maximum atomic E-state index is 14.4. The van der Waals surface area contributed by atoms with Crippen molar-refractivity contribution in [3.05, 3.63) is 0 Å². The van der Waals surface area contributed by atoms with Gasteiger partial charge in [-0.25, -0.2) is 17.6 Å². The molecule has 0 radical (unpaired) electrons. The number of amides is 2. The SMILES string of the molecule is O=C(N1CCCN(C(=O)C(F)(F)C(F)(F)C(F)(F)C(F)(F)C(F)(F)C(F)(F)C(F)(F)C(F)F)CC1)C(F)(F)C(F)(F)C(F)(F)C(F)(F)C(F)(F)C(F)(F)C(F)(F)C(F)F. The lowest BCUT2D eigenvalue weighted by molar-refractivity contribution is -0.444. The number of rotatable bonds is 16. The monoisotopic (exact) mass is 956 g/mol. The third kappa shape index (κ3) is 6.96. The minimum absolute atomic E-state index is 1.28. The summed E-state index contributed by atoms with van der Waals surface area (Å²) < 4.78 is 435. The number of nitrogens with zero attached hydrogens (tertiary/aromatic N) is 2. The van der Waals surface area contributed by atoms with Crippen LogP contribution in [-0.2, 0) is 9.59 Å². The second kappa shape index (κ2) is 14.7. The van der Waals surface area contributed by atoms with Crippen LogP contribution in [0.25, 0.3) is 0 Å². The highest BCUT2D eigenvalue weighted by atomic mass is 19.4. The maximum absolute atomic E-state index is 14.4. The summed E-state index contributed by atoms with van der Waals surface area (Å²) in [5.74, 6) is -128. The molecule has 0 atom stereocenters. The minimum atomic E-state index is -9.03. The lowest BCUT2D eigenvalue weighted by Gasteiger charge is -2.42. The number of hydrogen-bond donors (Lipinski definition) is 0. The van der Waals surface area contributed by atoms with Gasteiger partial charge in [0.05, 0.1) is 0 Å². The van der Waals surface area contributed by atoms with Gasteiger partial charge in [0.25, 0.3) is 11.8 Å². The molecule has 0 aromatic rings. The fraction of sp³-hybridized carbons (Fsp3) is 0.913. The van der Waals surface area contributed by atoms with Crippen LogP contribution in [0.2, 0.25) is 0 Å². The predicted octanol–water partition coefficient (Wildman–Crippen LogP) is 9.47. The van der Waals surface area contributed by atoms with Crippen LogP contribution < -0.4 is 0 Å². The van der Waals surface area contributed by atoms with E-state index in [1.165, 1.54) is 0 Å². The Bertz CT molecular complexity index is 1440. The first-order chi connectivity index (χ1) is 25.4. The van der Waals surface area contributed by atoms with E-state index in [9.17, 15) is 150 Å². The molecular weight excluding hydrogens is 944 g/mol. The van der Waals surface area contributed by atoms with Gasteiger partial charge >= 0.3 is 95.8 Å². The summed E-state index contributed by atoms with van der Waals surface area (Å²) in [6.07, 6.45) is -14.2. The van der Waals surface area contributed by atoms with Crippen LogP contribution in [0.15, 0.2) is 0 Å². The largest absolute Gasteiger partial charge is 0.392 e. The van der Waals surface area contributed by atoms with E-state index in [0.29, 0.717) is 0 Å². The molecule has 4 nitrogen and oxygen atoms in total. The molecule has 1 fully saturated rings. The van der Waals surface area contributed by atoms with E-state index in [1.54, 1.807) is 0 Å². The van der Waals surface area contributed by atoms with E-state index < -0.39 is 150 Å². The predicted molar refractivity (Wildman–Crippen MR) is 119 cm³/mol. The second-order valence-electron chi connectivity index (χ2n) is 11.7. The summed E-state index contributed by atoms with van der Waals surface area (Å²) >= 11 is 0. The molecule has 350 valence electrons. The molecule has 1 heterocycles. The van der Waals surface area contributed by atoms with Crippen molar-refractivity contribution in [3.63, 3.8) is 0 Å². The Kier molecular flexibility index (Phi) is 13.4. The molecule has 0 spiro atoms. The summed E-state index contributed by atoms with van der Waals surface area (Å²) in [6, 6.07) is 0. The van der Waals surface area contributed by atoms with E-state index in [-0.39, 0.29) is 0 Å². The summed E-state index contributed by atoms with van der Waals surface area (Å²) in [4.78, 5) is 21.5. The van der Waals surface area contributed by atoms with Gasteiger partial charge in [-0.15, -0.1) is 0 Å². The fourth-order valence-corrected chi connectivity index (χ4v) is 4.26. The van der Waals surface area contributed by atoms with Crippen molar-refractivity contribution >= 4 is 11.8 Å². The highest BCUT2D eigenvalue weighted by Crippen LogP contribution is 2.65. The van der Waals surface area contributed by atoms with Crippen molar-refractivity contribution in [2.24, 2.45) is 0 Å². The Morgan fingerprint density at radius 3 is 0.695 bits per heavy atom.